The number of rotatable bonds is 2. The highest BCUT2D eigenvalue weighted by Crippen LogP contribution is 2.39. The number of sulfonamides is 1. The van der Waals surface area contributed by atoms with Gasteiger partial charge in [-0.25, -0.2) is 8.42 Å². The molecule has 0 spiro atoms. The summed E-state index contributed by atoms with van der Waals surface area (Å²) >= 11 is 0. The lowest BCUT2D eigenvalue weighted by Crippen LogP contribution is -2.54. The predicted molar refractivity (Wildman–Crippen MR) is 102 cm³/mol. The van der Waals surface area contributed by atoms with Crippen molar-refractivity contribution in [3.05, 3.63) is 23.9 Å². The van der Waals surface area contributed by atoms with Crippen LogP contribution in [0.15, 0.2) is 28.3 Å². The molecule has 2 heterocycles. The van der Waals surface area contributed by atoms with Crippen LogP contribution in [0, 0.1) is 11.8 Å². The van der Waals surface area contributed by atoms with E-state index in [0.29, 0.717) is 29.8 Å². The molecule has 7 nitrogen and oxygen atoms in total. The molecule has 0 aromatic rings. The summed E-state index contributed by atoms with van der Waals surface area (Å²) in [7, 11) is -3.38. The molecule has 2 unspecified atom stereocenters. The Morgan fingerprint density at radius 2 is 1.92 bits per heavy atom. The smallest absolute Gasteiger partial charge is 0.256 e. The van der Waals surface area contributed by atoms with E-state index in [4.69, 9.17) is 5.73 Å². The number of carbonyl (C=O) groups excluding carboxylic acids is 1. The number of hydrogen-bond acceptors (Lipinski definition) is 5. The first kappa shape index (κ1) is 19.4. The van der Waals surface area contributed by atoms with E-state index < -0.39 is 10.0 Å². The molecular formula is C17H25ClN4O3S. The van der Waals surface area contributed by atoms with Crippen molar-refractivity contribution in [3.63, 3.8) is 0 Å². The first-order chi connectivity index (χ1) is 11.9. The standard InChI is InChI=1S/C17H24N4O3S.ClH/c18-14-8-11-2-1-3-12(9-14)16(11)19-17(22)13-4-5-15-20-25(23,24)7-6-21(15)10-13;/h4-5,10-12,14,16H,1-3,6-9,18H2,(H,19,22);1H. The van der Waals surface area contributed by atoms with Gasteiger partial charge < -0.3 is 16.0 Å². The van der Waals surface area contributed by atoms with Crippen LogP contribution >= 0.6 is 12.4 Å². The Bertz CT molecular complexity index is 763. The summed E-state index contributed by atoms with van der Waals surface area (Å²) in [6.45, 7) is 0.325. The van der Waals surface area contributed by atoms with Gasteiger partial charge in [-0.05, 0) is 49.7 Å². The second-order valence-corrected chi connectivity index (χ2v) is 9.28. The molecule has 4 rings (SSSR count). The molecule has 144 valence electrons. The van der Waals surface area contributed by atoms with Crippen LogP contribution in [0.25, 0.3) is 0 Å². The third-order valence-corrected chi connectivity index (χ3v) is 6.92. The maximum Gasteiger partial charge on any atom is 0.256 e. The van der Waals surface area contributed by atoms with Gasteiger partial charge in [0.2, 0.25) is 0 Å². The summed E-state index contributed by atoms with van der Waals surface area (Å²) in [5, 5.41) is 3.22. The van der Waals surface area contributed by atoms with Crippen molar-refractivity contribution in [1.82, 2.24) is 10.2 Å². The van der Waals surface area contributed by atoms with E-state index in [1.54, 1.807) is 23.3 Å². The van der Waals surface area contributed by atoms with Crippen LogP contribution in [0.5, 0.6) is 0 Å². The zero-order valence-electron chi connectivity index (χ0n) is 14.5. The summed E-state index contributed by atoms with van der Waals surface area (Å²) in [4.78, 5) is 14.5. The average molecular weight is 401 g/mol. The van der Waals surface area contributed by atoms with Crippen molar-refractivity contribution < 1.29 is 13.2 Å². The normalized spacial score (nSPS) is 34.7. The summed E-state index contributed by atoms with van der Waals surface area (Å²) in [5.41, 5.74) is 6.70. The Kier molecular flexibility index (Phi) is 5.46. The van der Waals surface area contributed by atoms with E-state index in [9.17, 15) is 13.2 Å². The zero-order valence-corrected chi connectivity index (χ0v) is 16.1. The molecule has 0 radical (unpaired) electrons. The number of hydrogen-bond donors (Lipinski definition) is 2. The van der Waals surface area contributed by atoms with Crippen LogP contribution in [0.2, 0.25) is 0 Å². The molecule has 2 aliphatic heterocycles. The zero-order chi connectivity index (χ0) is 17.6. The van der Waals surface area contributed by atoms with Crippen LogP contribution in [-0.4, -0.2) is 49.4 Å². The van der Waals surface area contributed by atoms with Crippen molar-refractivity contribution in [2.24, 2.45) is 22.0 Å². The van der Waals surface area contributed by atoms with Gasteiger partial charge in [0.05, 0.1) is 11.3 Å². The summed E-state index contributed by atoms with van der Waals surface area (Å²) in [6, 6.07) is 0.457. The van der Waals surface area contributed by atoms with Gasteiger partial charge in [0.1, 0.15) is 5.84 Å². The fraction of sp³-hybridized carbons (Fsp3) is 0.647. The van der Waals surface area contributed by atoms with E-state index in [1.807, 2.05) is 0 Å². The van der Waals surface area contributed by atoms with E-state index >= 15 is 0 Å². The molecule has 26 heavy (non-hydrogen) atoms. The maximum absolute atomic E-state index is 12.7. The number of carbonyl (C=O) groups is 1. The number of fused-ring (bicyclic) bond motifs is 3. The fourth-order valence-corrected chi connectivity index (χ4v) is 5.56. The Morgan fingerprint density at radius 1 is 1.23 bits per heavy atom. The number of amides is 1. The SMILES string of the molecule is Cl.NC1CC2CCCC(C1)C2NC(=O)C1=CN2CCS(=O)(=O)N=C2C=C1. The van der Waals surface area contributed by atoms with Crippen LogP contribution in [0.3, 0.4) is 0 Å². The van der Waals surface area contributed by atoms with E-state index in [0.717, 1.165) is 25.7 Å². The lowest BCUT2D eigenvalue weighted by atomic mass is 9.67. The Labute approximate surface area is 160 Å². The fourth-order valence-electron chi connectivity index (χ4n) is 4.59. The first-order valence-electron chi connectivity index (χ1n) is 8.97. The van der Waals surface area contributed by atoms with Crippen molar-refractivity contribution >= 4 is 34.2 Å². The third-order valence-electron chi connectivity index (χ3n) is 5.76. The minimum Gasteiger partial charge on any atom is -0.349 e. The van der Waals surface area contributed by atoms with Gasteiger partial charge in [-0.15, -0.1) is 16.8 Å². The highest BCUT2D eigenvalue weighted by Gasteiger charge is 2.40. The second-order valence-electron chi connectivity index (χ2n) is 7.53. The van der Waals surface area contributed by atoms with Crippen LogP contribution in [0.4, 0.5) is 0 Å². The first-order valence-corrected chi connectivity index (χ1v) is 10.6. The van der Waals surface area contributed by atoms with Crippen LogP contribution in [0.1, 0.15) is 32.1 Å². The summed E-state index contributed by atoms with van der Waals surface area (Å²) < 4.78 is 26.9. The number of amidine groups is 1. The molecule has 3 N–H and O–H groups in total. The van der Waals surface area contributed by atoms with E-state index in [1.165, 1.54) is 6.42 Å². The van der Waals surface area contributed by atoms with Gasteiger partial charge in [0, 0.05) is 24.8 Å². The molecule has 2 aliphatic carbocycles. The third kappa shape index (κ3) is 3.82. The number of nitrogens with two attached hydrogens (primary N) is 1. The van der Waals surface area contributed by atoms with E-state index in [-0.39, 0.29) is 36.2 Å². The maximum atomic E-state index is 12.7. The Morgan fingerprint density at radius 3 is 2.62 bits per heavy atom. The molecule has 2 saturated carbocycles. The van der Waals surface area contributed by atoms with Crippen molar-refractivity contribution in [3.8, 4) is 0 Å². The highest BCUT2D eigenvalue weighted by atomic mass is 35.5. The largest absolute Gasteiger partial charge is 0.349 e. The molecule has 4 aliphatic rings. The van der Waals surface area contributed by atoms with Crippen LogP contribution < -0.4 is 11.1 Å². The molecule has 1 amide bonds. The molecule has 9 heteroatoms. The summed E-state index contributed by atoms with van der Waals surface area (Å²) in [5.74, 6) is 1.19. The molecule has 2 bridgehead atoms. The highest BCUT2D eigenvalue weighted by molar-refractivity contribution is 7.90. The lowest BCUT2D eigenvalue weighted by Gasteiger charge is -2.45. The molecular weight excluding hydrogens is 376 g/mol. The molecule has 2 fully saturated rings. The molecule has 0 aromatic heterocycles. The van der Waals surface area contributed by atoms with Gasteiger partial charge in [-0.2, -0.15) is 0 Å². The second kappa shape index (κ2) is 7.32. The Hall–Kier alpha value is -1.38. The number of nitrogens with one attached hydrogen (secondary N) is 1. The van der Waals surface area contributed by atoms with Crippen LogP contribution in [-0.2, 0) is 14.8 Å². The van der Waals surface area contributed by atoms with Gasteiger partial charge in [-0.3, -0.25) is 4.79 Å². The topological polar surface area (TPSA) is 105 Å². The molecule has 2 atom stereocenters. The number of nitrogens with zero attached hydrogens (tertiary/aromatic N) is 2. The predicted octanol–water partition coefficient (Wildman–Crippen LogP) is 0.928. The quantitative estimate of drug-likeness (QED) is 0.717. The monoisotopic (exact) mass is 400 g/mol. The number of halogens is 1. The van der Waals surface area contributed by atoms with Gasteiger partial charge in [0.15, 0.2) is 0 Å². The minimum atomic E-state index is -3.38. The Balaban J connectivity index is 0.00000196. The van der Waals surface area contributed by atoms with Gasteiger partial charge >= 0.3 is 0 Å². The molecule has 0 aromatic carbocycles. The lowest BCUT2D eigenvalue weighted by molar-refractivity contribution is -0.119. The molecule has 0 saturated heterocycles. The van der Waals surface area contributed by atoms with Gasteiger partial charge in [0.25, 0.3) is 15.9 Å². The van der Waals surface area contributed by atoms with Gasteiger partial charge in [-0.1, -0.05) is 6.42 Å². The van der Waals surface area contributed by atoms with E-state index in [2.05, 4.69) is 9.71 Å². The summed E-state index contributed by atoms with van der Waals surface area (Å²) in [6.07, 6.45) is 10.4. The minimum absolute atomic E-state index is 0. The average Bonchev–Trinajstić information content (AvgIpc) is 2.54. The van der Waals surface area contributed by atoms with Crippen molar-refractivity contribution in [1.29, 1.82) is 0 Å². The van der Waals surface area contributed by atoms with Crippen molar-refractivity contribution in [2.75, 3.05) is 12.3 Å². The van der Waals surface area contributed by atoms with Crippen molar-refractivity contribution in [2.45, 2.75) is 44.2 Å².